The molecule has 2 heterocycles. The molecule has 18 heavy (non-hydrogen) atoms. The van der Waals surface area contributed by atoms with Crippen molar-refractivity contribution in [2.45, 2.75) is 0 Å². The van der Waals surface area contributed by atoms with Gasteiger partial charge in [-0.05, 0) is 30.3 Å². The fourth-order valence-corrected chi connectivity index (χ4v) is 1.90. The summed E-state index contributed by atoms with van der Waals surface area (Å²) in [6.45, 7) is 0. The second-order valence-electron chi connectivity index (χ2n) is 4.02. The number of ketones is 1. The van der Waals surface area contributed by atoms with Gasteiger partial charge >= 0.3 is 5.76 Å². The predicted octanol–water partition coefficient (Wildman–Crippen LogP) is 1.69. The highest BCUT2D eigenvalue weighted by Gasteiger charge is 2.13. The molecule has 0 fully saturated rings. The van der Waals surface area contributed by atoms with E-state index in [0.717, 1.165) is 0 Å². The van der Waals surface area contributed by atoms with Crippen molar-refractivity contribution in [3.8, 4) is 0 Å². The third-order valence-electron chi connectivity index (χ3n) is 2.90. The molecule has 1 N–H and O–H groups in total. The highest BCUT2D eigenvalue weighted by molar-refractivity contribution is 6.09. The molecule has 3 aromatic rings. The zero-order valence-corrected chi connectivity index (χ0v) is 9.64. The summed E-state index contributed by atoms with van der Waals surface area (Å²) in [5.41, 5.74) is 2.08. The summed E-state index contributed by atoms with van der Waals surface area (Å²) in [6, 6.07) is 8.43. The van der Waals surface area contributed by atoms with Crippen LogP contribution in [0.3, 0.4) is 0 Å². The summed E-state index contributed by atoms with van der Waals surface area (Å²) in [7, 11) is 1.63. The molecule has 0 bridgehead atoms. The van der Waals surface area contributed by atoms with E-state index in [1.165, 1.54) is 4.57 Å². The molecule has 0 unspecified atom stereocenters. The highest BCUT2D eigenvalue weighted by Crippen LogP contribution is 2.16. The van der Waals surface area contributed by atoms with Crippen LogP contribution in [0.5, 0.6) is 0 Å². The summed E-state index contributed by atoms with van der Waals surface area (Å²) in [4.78, 5) is 26.3. The lowest BCUT2D eigenvalue weighted by atomic mass is 10.1. The van der Waals surface area contributed by atoms with Crippen molar-refractivity contribution in [1.29, 1.82) is 0 Å². The number of hydrogen-bond acceptors (Lipinski definition) is 3. The van der Waals surface area contributed by atoms with Gasteiger partial charge < -0.3 is 9.40 Å². The average Bonchev–Trinajstić information content (AvgIpc) is 2.98. The Morgan fingerprint density at radius 1 is 1.33 bits per heavy atom. The van der Waals surface area contributed by atoms with Gasteiger partial charge in [-0.1, -0.05) is 0 Å². The number of nitrogens with zero attached hydrogens (tertiary/aromatic N) is 1. The van der Waals surface area contributed by atoms with E-state index in [-0.39, 0.29) is 5.78 Å². The fraction of sp³-hybridized carbons (Fsp3) is 0.0769. The Balaban J connectivity index is 2.14. The van der Waals surface area contributed by atoms with Crippen LogP contribution in [0, 0.1) is 0 Å². The zero-order chi connectivity index (χ0) is 12.7. The average molecular weight is 242 g/mol. The minimum absolute atomic E-state index is 0.131. The van der Waals surface area contributed by atoms with E-state index in [0.29, 0.717) is 22.4 Å². The lowest BCUT2D eigenvalue weighted by molar-refractivity contribution is 0.103. The van der Waals surface area contributed by atoms with Gasteiger partial charge in [-0.2, -0.15) is 0 Å². The van der Waals surface area contributed by atoms with E-state index in [9.17, 15) is 9.59 Å². The molecule has 3 rings (SSSR count). The molecule has 1 aromatic carbocycles. The molecule has 2 aromatic heterocycles. The summed E-state index contributed by atoms with van der Waals surface area (Å²) in [5.74, 6) is -0.567. The standard InChI is InChI=1S/C13H10N2O3/c1-15-10-5-4-8(7-11(10)18-13(15)17)12(16)9-3-2-6-14-9/h2-7,14H,1H3. The minimum Gasteiger partial charge on any atom is -0.408 e. The van der Waals surface area contributed by atoms with E-state index >= 15 is 0 Å². The lowest BCUT2D eigenvalue weighted by Crippen LogP contribution is -2.08. The largest absolute Gasteiger partial charge is 0.419 e. The van der Waals surface area contributed by atoms with Crippen LogP contribution in [0.25, 0.3) is 11.1 Å². The smallest absolute Gasteiger partial charge is 0.408 e. The Bertz CT molecular complexity index is 778. The molecular formula is C13H10N2O3. The number of nitrogens with one attached hydrogen (secondary N) is 1. The molecule has 0 saturated carbocycles. The first-order valence-electron chi connectivity index (χ1n) is 5.44. The minimum atomic E-state index is -0.436. The maximum Gasteiger partial charge on any atom is 0.419 e. The maximum atomic E-state index is 12.1. The van der Waals surface area contributed by atoms with Gasteiger partial charge in [-0.25, -0.2) is 4.79 Å². The number of oxazole rings is 1. The SMILES string of the molecule is Cn1c(=O)oc2cc(C(=O)c3ccc[nH]3)ccc21. The van der Waals surface area contributed by atoms with Crippen LogP contribution in [-0.4, -0.2) is 15.3 Å². The molecule has 0 aliphatic rings. The molecule has 0 saturated heterocycles. The molecule has 0 radical (unpaired) electrons. The summed E-state index contributed by atoms with van der Waals surface area (Å²) in [5, 5.41) is 0. The third kappa shape index (κ3) is 1.48. The molecule has 0 aliphatic heterocycles. The van der Waals surface area contributed by atoms with Crippen LogP contribution in [0.15, 0.2) is 45.7 Å². The van der Waals surface area contributed by atoms with Gasteiger partial charge in [0, 0.05) is 18.8 Å². The van der Waals surface area contributed by atoms with Crippen LogP contribution >= 0.6 is 0 Å². The Kier molecular flexibility index (Phi) is 2.19. The quantitative estimate of drug-likeness (QED) is 0.695. The van der Waals surface area contributed by atoms with E-state index in [4.69, 9.17) is 4.42 Å². The second kappa shape index (κ2) is 3.73. The fourth-order valence-electron chi connectivity index (χ4n) is 1.90. The maximum absolute atomic E-state index is 12.1. The van der Waals surface area contributed by atoms with Crippen LogP contribution in [0.1, 0.15) is 16.1 Å². The number of aromatic amines is 1. The molecular weight excluding hydrogens is 232 g/mol. The molecule has 0 aliphatic carbocycles. The lowest BCUT2D eigenvalue weighted by Gasteiger charge is -1.98. The van der Waals surface area contributed by atoms with Crippen LogP contribution in [0.4, 0.5) is 0 Å². The van der Waals surface area contributed by atoms with Gasteiger partial charge in [0.05, 0.1) is 11.2 Å². The molecule has 0 spiro atoms. The molecule has 0 atom stereocenters. The number of hydrogen-bond donors (Lipinski definition) is 1. The van der Waals surface area contributed by atoms with E-state index < -0.39 is 5.76 Å². The number of aromatic nitrogens is 2. The van der Waals surface area contributed by atoms with Crippen molar-refractivity contribution in [3.05, 3.63) is 58.3 Å². The normalized spacial score (nSPS) is 10.9. The molecule has 0 amide bonds. The van der Waals surface area contributed by atoms with Crippen molar-refractivity contribution in [2.75, 3.05) is 0 Å². The van der Waals surface area contributed by atoms with Crippen LogP contribution in [-0.2, 0) is 7.05 Å². The van der Waals surface area contributed by atoms with Crippen LogP contribution < -0.4 is 5.76 Å². The summed E-state index contributed by atoms with van der Waals surface area (Å²) in [6.07, 6.45) is 1.69. The Morgan fingerprint density at radius 2 is 2.17 bits per heavy atom. The van der Waals surface area contributed by atoms with Crippen molar-refractivity contribution < 1.29 is 9.21 Å². The number of carbonyl (C=O) groups is 1. The van der Waals surface area contributed by atoms with Gasteiger partial charge in [0.1, 0.15) is 0 Å². The summed E-state index contributed by atoms with van der Waals surface area (Å²) < 4.78 is 6.45. The van der Waals surface area contributed by atoms with Crippen LogP contribution in [0.2, 0.25) is 0 Å². The monoisotopic (exact) mass is 242 g/mol. The summed E-state index contributed by atoms with van der Waals surface area (Å²) >= 11 is 0. The number of rotatable bonds is 2. The Labute approximate surface area is 102 Å². The van der Waals surface area contributed by atoms with Gasteiger partial charge in [0.2, 0.25) is 5.78 Å². The van der Waals surface area contributed by atoms with Crippen molar-refractivity contribution >= 4 is 16.9 Å². The van der Waals surface area contributed by atoms with Crippen molar-refractivity contribution in [2.24, 2.45) is 7.05 Å². The van der Waals surface area contributed by atoms with E-state index in [1.54, 1.807) is 43.6 Å². The van der Waals surface area contributed by atoms with E-state index in [1.807, 2.05) is 0 Å². The number of H-pyrrole nitrogens is 1. The highest BCUT2D eigenvalue weighted by atomic mass is 16.4. The van der Waals surface area contributed by atoms with Gasteiger partial charge in [-0.15, -0.1) is 0 Å². The van der Waals surface area contributed by atoms with Gasteiger partial charge in [0.25, 0.3) is 0 Å². The van der Waals surface area contributed by atoms with Crippen molar-refractivity contribution in [3.63, 3.8) is 0 Å². The first kappa shape index (κ1) is 10.6. The first-order valence-corrected chi connectivity index (χ1v) is 5.44. The van der Waals surface area contributed by atoms with Gasteiger partial charge in [-0.3, -0.25) is 9.36 Å². The molecule has 90 valence electrons. The number of aryl methyl sites for hydroxylation is 1. The molecule has 5 heteroatoms. The third-order valence-corrected chi connectivity index (χ3v) is 2.90. The number of carbonyl (C=O) groups excluding carboxylic acids is 1. The Morgan fingerprint density at radius 3 is 2.89 bits per heavy atom. The number of fused-ring (bicyclic) bond motifs is 1. The molecule has 5 nitrogen and oxygen atoms in total. The number of benzene rings is 1. The van der Waals surface area contributed by atoms with Crippen molar-refractivity contribution in [1.82, 2.24) is 9.55 Å². The zero-order valence-electron chi connectivity index (χ0n) is 9.64. The topological polar surface area (TPSA) is 68.0 Å². The Hall–Kier alpha value is -2.56. The predicted molar refractivity (Wildman–Crippen MR) is 65.7 cm³/mol. The second-order valence-corrected chi connectivity index (χ2v) is 4.02. The van der Waals surface area contributed by atoms with E-state index in [2.05, 4.69) is 4.98 Å². The van der Waals surface area contributed by atoms with Gasteiger partial charge in [0.15, 0.2) is 5.58 Å². The first-order chi connectivity index (χ1) is 8.66.